The van der Waals surface area contributed by atoms with Gasteiger partial charge in [0.15, 0.2) is 6.10 Å². The first-order chi connectivity index (χ1) is 14.9. The van der Waals surface area contributed by atoms with E-state index in [0.717, 1.165) is 34.5 Å². The highest BCUT2D eigenvalue weighted by atomic mass is 32.2. The first kappa shape index (κ1) is 25.5. The molecule has 0 saturated carbocycles. The Kier molecular flexibility index (Phi) is 8.16. The highest BCUT2D eigenvalue weighted by Gasteiger charge is 2.24. The predicted molar refractivity (Wildman–Crippen MR) is 121 cm³/mol. The molecule has 0 radical (unpaired) electrons. The second-order valence-electron chi connectivity index (χ2n) is 7.16. The lowest BCUT2D eigenvalue weighted by Gasteiger charge is -2.15. The van der Waals surface area contributed by atoms with E-state index in [0.29, 0.717) is 10.5 Å². The van der Waals surface area contributed by atoms with Gasteiger partial charge in [0.05, 0.1) is 14.7 Å². The number of ketones is 1. The maximum absolute atomic E-state index is 12.7. The number of sulfonamides is 1. The van der Waals surface area contributed by atoms with E-state index in [1.165, 1.54) is 19.1 Å². The summed E-state index contributed by atoms with van der Waals surface area (Å²) >= 11 is 1.11. The Morgan fingerprint density at radius 1 is 1.12 bits per heavy atom. The molecule has 1 unspecified atom stereocenters. The Labute approximate surface area is 190 Å². The number of nitrogens with zero attached hydrogens (tertiary/aromatic N) is 1. The van der Waals surface area contributed by atoms with E-state index >= 15 is 0 Å². The lowest BCUT2D eigenvalue weighted by molar-refractivity contribution is -0.387. The quantitative estimate of drug-likeness (QED) is 0.190. The lowest BCUT2D eigenvalue weighted by Crippen LogP contribution is -2.34. The SMILES string of the molecule is CSc1ccc(S(=O)(=O)NCC(=O)OC(C)C(=O)c2cc(C)c(C)cc2C)cc1[N+](=O)[O-]. The number of aryl methyl sites for hydroxylation is 3. The molecule has 9 nitrogen and oxygen atoms in total. The number of nitro groups is 1. The molecule has 2 aromatic rings. The number of hydrogen-bond donors (Lipinski definition) is 1. The zero-order valence-electron chi connectivity index (χ0n) is 18.3. The Hall–Kier alpha value is -2.76. The summed E-state index contributed by atoms with van der Waals surface area (Å²) < 4.78 is 32.0. The van der Waals surface area contributed by atoms with Crippen molar-refractivity contribution >= 4 is 39.2 Å². The van der Waals surface area contributed by atoms with Gasteiger partial charge in [0.1, 0.15) is 6.54 Å². The molecule has 1 atom stereocenters. The second-order valence-corrected chi connectivity index (χ2v) is 9.78. The molecular weight excluding hydrogens is 456 g/mol. The minimum Gasteiger partial charge on any atom is -0.453 e. The zero-order chi connectivity index (χ0) is 24.2. The minimum atomic E-state index is -4.21. The summed E-state index contributed by atoms with van der Waals surface area (Å²) in [4.78, 5) is 35.2. The van der Waals surface area contributed by atoms with Crippen molar-refractivity contribution in [3.05, 3.63) is 62.7 Å². The summed E-state index contributed by atoms with van der Waals surface area (Å²) in [5.74, 6) is -1.35. The van der Waals surface area contributed by atoms with Gasteiger partial charge in [-0.25, -0.2) is 8.42 Å². The summed E-state index contributed by atoms with van der Waals surface area (Å²) in [7, 11) is -4.21. The molecule has 0 heterocycles. The van der Waals surface area contributed by atoms with E-state index in [2.05, 4.69) is 0 Å². The molecule has 172 valence electrons. The molecule has 0 aliphatic heterocycles. The van der Waals surface area contributed by atoms with E-state index in [-0.39, 0.29) is 10.6 Å². The Morgan fingerprint density at radius 3 is 2.34 bits per heavy atom. The molecule has 0 aliphatic rings. The Morgan fingerprint density at radius 2 is 1.75 bits per heavy atom. The molecule has 0 amide bonds. The maximum atomic E-state index is 12.7. The summed E-state index contributed by atoms with van der Waals surface area (Å²) in [5, 5.41) is 11.2. The van der Waals surface area contributed by atoms with Crippen LogP contribution in [0.25, 0.3) is 0 Å². The third kappa shape index (κ3) is 5.93. The van der Waals surface area contributed by atoms with Gasteiger partial charge in [-0.05, 0) is 68.8 Å². The first-order valence-electron chi connectivity index (χ1n) is 9.51. The third-order valence-electron chi connectivity index (χ3n) is 4.85. The molecular formula is C21H24N2O7S2. The summed E-state index contributed by atoms with van der Waals surface area (Å²) in [6, 6.07) is 7.05. The highest BCUT2D eigenvalue weighted by Crippen LogP contribution is 2.29. The molecule has 0 fully saturated rings. The van der Waals surface area contributed by atoms with Crippen LogP contribution in [0.15, 0.2) is 40.1 Å². The number of benzene rings is 2. The first-order valence-corrected chi connectivity index (χ1v) is 12.2. The number of carbonyl (C=O) groups is 2. The third-order valence-corrected chi connectivity index (χ3v) is 7.03. The monoisotopic (exact) mass is 480 g/mol. The average molecular weight is 481 g/mol. The number of hydrogen-bond acceptors (Lipinski definition) is 8. The van der Waals surface area contributed by atoms with Gasteiger partial charge in [-0.2, -0.15) is 4.72 Å². The van der Waals surface area contributed by atoms with Crippen LogP contribution in [0.1, 0.15) is 34.0 Å². The topological polar surface area (TPSA) is 133 Å². The van der Waals surface area contributed by atoms with Crippen molar-refractivity contribution in [3.8, 4) is 0 Å². The summed E-state index contributed by atoms with van der Waals surface area (Å²) in [6.07, 6.45) is 0.516. The number of ether oxygens (including phenoxy) is 1. The fourth-order valence-corrected chi connectivity index (χ4v) is 4.49. The average Bonchev–Trinajstić information content (AvgIpc) is 2.73. The van der Waals surface area contributed by atoms with Crippen molar-refractivity contribution in [2.24, 2.45) is 0 Å². The largest absolute Gasteiger partial charge is 0.453 e. The van der Waals surface area contributed by atoms with E-state index < -0.39 is 39.3 Å². The van der Waals surface area contributed by atoms with Gasteiger partial charge in [0, 0.05) is 11.6 Å². The number of nitrogens with one attached hydrogen (secondary N) is 1. The van der Waals surface area contributed by atoms with E-state index in [1.54, 1.807) is 19.2 Å². The van der Waals surface area contributed by atoms with Gasteiger partial charge in [-0.1, -0.05) is 6.07 Å². The van der Waals surface area contributed by atoms with Crippen molar-refractivity contribution in [2.75, 3.05) is 12.8 Å². The van der Waals surface area contributed by atoms with E-state index in [1.807, 2.05) is 24.6 Å². The van der Waals surface area contributed by atoms with Gasteiger partial charge in [0.2, 0.25) is 15.8 Å². The number of esters is 1. The fraction of sp³-hybridized carbons (Fsp3) is 0.333. The molecule has 0 aromatic heterocycles. The van der Waals surface area contributed by atoms with Crippen LogP contribution in [-0.2, 0) is 19.6 Å². The van der Waals surface area contributed by atoms with Crippen molar-refractivity contribution < 1.29 is 27.7 Å². The zero-order valence-corrected chi connectivity index (χ0v) is 19.9. The van der Waals surface area contributed by atoms with Gasteiger partial charge in [-0.3, -0.25) is 19.7 Å². The van der Waals surface area contributed by atoms with Gasteiger partial charge in [-0.15, -0.1) is 11.8 Å². The molecule has 2 aromatic carbocycles. The predicted octanol–water partition coefficient (Wildman–Crippen LogP) is 3.33. The van der Waals surface area contributed by atoms with Crippen LogP contribution in [0, 0.1) is 30.9 Å². The van der Waals surface area contributed by atoms with Crippen LogP contribution in [0.3, 0.4) is 0 Å². The van der Waals surface area contributed by atoms with Crippen LogP contribution >= 0.6 is 11.8 Å². The van der Waals surface area contributed by atoms with Crippen molar-refractivity contribution in [2.45, 2.75) is 43.6 Å². The fourth-order valence-electron chi connectivity index (χ4n) is 2.95. The Bertz CT molecular complexity index is 1180. The standard InChI is InChI=1S/C21H24N2O7S2/c1-12-8-14(3)17(9-13(12)2)21(25)15(4)30-20(24)11-22-32(28,29)16-6-7-19(31-5)18(10-16)23(26)27/h6-10,15,22H,11H2,1-5H3. The van der Waals surface area contributed by atoms with Crippen LogP contribution in [0.5, 0.6) is 0 Å². The number of nitro benzene ring substituents is 1. The molecule has 11 heteroatoms. The molecule has 0 aliphatic carbocycles. The molecule has 1 N–H and O–H groups in total. The smallest absolute Gasteiger partial charge is 0.321 e. The highest BCUT2D eigenvalue weighted by molar-refractivity contribution is 7.98. The number of Topliss-reactive ketones (excluding diaryl/α,β-unsaturated/α-hetero) is 1. The maximum Gasteiger partial charge on any atom is 0.321 e. The Balaban J connectivity index is 2.07. The molecule has 0 bridgehead atoms. The second kappa shape index (κ2) is 10.2. The number of rotatable bonds is 9. The van der Waals surface area contributed by atoms with Gasteiger partial charge >= 0.3 is 5.97 Å². The summed E-state index contributed by atoms with van der Waals surface area (Å²) in [5.41, 5.74) is 2.77. The van der Waals surface area contributed by atoms with Crippen LogP contribution in [0.4, 0.5) is 5.69 Å². The normalized spacial score (nSPS) is 12.3. The van der Waals surface area contributed by atoms with Crippen LogP contribution < -0.4 is 4.72 Å². The lowest BCUT2D eigenvalue weighted by atomic mass is 9.96. The number of thioether (sulfide) groups is 1. The molecule has 2 rings (SSSR count). The molecule has 0 spiro atoms. The van der Waals surface area contributed by atoms with E-state index in [4.69, 9.17) is 4.74 Å². The van der Waals surface area contributed by atoms with Gasteiger partial charge in [0.25, 0.3) is 5.69 Å². The van der Waals surface area contributed by atoms with E-state index in [9.17, 15) is 28.1 Å². The van der Waals surface area contributed by atoms with Crippen molar-refractivity contribution in [1.29, 1.82) is 0 Å². The van der Waals surface area contributed by atoms with Crippen LogP contribution in [-0.4, -0.2) is 44.0 Å². The molecule has 0 saturated heterocycles. The summed E-state index contributed by atoms with van der Waals surface area (Å²) in [6.45, 7) is 6.25. The van der Waals surface area contributed by atoms with Crippen molar-refractivity contribution in [3.63, 3.8) is 0 Å². The molecule has 32 heavy (non-hydrogen) atoms. The van der Waals surface area contributed by atoms with Crippen molar-refractivity contribution in [1.82, 2.24) is 4.72 Å². The van der Waals surface area contributed by atoms with Gasteiger partial charge < -0.3 is 4.74 Å². The minimum absolute atomic E-state index is 0.308. The van der Waals surface area contributed by atoms with Crippen LogP contribution in [0.2, 0.25) is 0 Å². The number of carbonyl (C=O) groups excluding carboxylic acids is 2.